The molecule has 0 atom stereocenters. The smallest absolute Gasteiger partial charge is 0.247 e. The standard InChI is InChI=1S/C19H26N6/c1-16-7-9-24(10-8-16)18-15-20-22-19(21-18)25-13-11-23(12-14-25)17-5-3-2-4-6-17/h2-6,15-16H,7-14H2,1H3. The number of nitrogens with zero attached hydrogens (tertiary/aromatic N) is 6. The minimum Gasteiger partial charge on any atom is -0.368 e. The maximum Gasteiger partial charge on any atom is 0.247 e. The molecule has 0 bridgehead atoms. The van der Waals surface area contributed by atoms with Crippen molar-refractivity contribution < 1.29 is 0 Å². The molecular formula is C19H26N6. The van der Waals surface area contributed by atoms with E-state index in [1.165, 1.54) is 18.5 Å². The number of hydrogen-bond acceptors (Lipinski definition) is 6. The number of hydrogen-bond donors (Lipinski definition) is 0. The third-order valence-corrected chi connectivity index (χ3v) is 5.33. The Balaban J connectivity index is 1.40. The van der Waals surface area contributed by atoms with Crippen molar-refractivity contribution in [3.8, 4) is 0 Å². The summed E-state index contributed by atoms with van der Waals surface area (Å²) >= 11 is 0. The van der Waals surface area contributed by atoms with Crippen LogP contribution in [0, 0.1) is 5.92 Å². The van der Waals surface area contributed by atoms with Gasteiger partial charge in [-0.2, -0.15) is 10.1 Å². The fourth-order valence-corrected chi connectivity index (χ4v) is 3.61. The Hall–Kier alpha value is -2.37. The van der Waals surface area contributed by atoms with Crippen molar-refractivity contribution in [2.45, 2.75) is 19.8 Å². The lowest BCUT2D eigenvalue weighted by atomic mass is 9.99. The van der Waals surface area contributed by atoms with Gasteiger partial charge in [0.25, 0.3) is 0 Å². The van der Waals surface area contributed by atoms with E-state index in [9.17, 15) is 0 Å². The van der Waals surface area contributed by atoms with Gasteiger partial charge in [-0.25, -0.2) is 0 Å². The molecule has 2 aliphatic heterocycles. The van der Waals surface area contributed by atoms with Crippen molar-refractivity contribution in [2.75, 3.05) is 54.0 Å². The minimum atomic E-state index is 0.767. The number of rotatable bonds is 3. The highest BCUT2D eigenvalue weighted by Gasteiger charge is 2.22. The van der Waals surface area contributed by atoms with E-state index in [0.29, 0.717) is 0 Å². The molecule has 0 radical (unpaired) electrons. The van der Waals surface area contributed by atoms with Crippen LogP contribution in [-0.2, 0) is 0 Å². The van der Waals surface area contributed by atoms with Crippen LogP contribution in [0.15, 0.2) is 36.5 Å². The maximum atomic E-state index is 4.80. The van der Waals surface area contributed by atoms with Crippen LogP contribution < -0.4 is 14.7 Å². The highest BCUT2D eigenvalue weighted by molar-refractivity contribution is 5.49. The first kappa shape index (κ1) is 16.1. The van der Waals surface area contributed by atoms with Gasteiger partial charge in [-0.3, -0.25) is 0 Å². The van der Waals surface area contributed by atoms with Crippen molar-refractivity contribution >= 4 is 17.5 Å². The zero-order chi connectivity index (χ0) is 17.1. The van der Waals surface area contributed by atoms with Gasteiger partial charge in [-0.1, -0.05) is 25.1 Å². The summed E-state index contributed by atoms with van der Waals surface area (Å²) in [6.45, 7) is 8.29. The molecule has 2 aliphatic rings. The van der Waals surface area contributed by atoms with E-state index in [0.717, 1.165) is 57.0 Å². The van der Waals surface area contributed by atoms with E-state index in [-0.39, 0.29) is 0 Å². The Kier molecular flexibility index (Phi) is 4.68. The fourth-order valence-electron chi connectivity index (χ4n) is 3.61. The average molecular weight is 338 g/mol. The van der Waals surface area contributed by atoms with Gasteiger partial charge >= 0.3 is 0 Å². The first-order valence-electron chi connectivity index (χ1n) is 9.29. The van der Waals surface area contributed by atoms with Gasteiger partial charge in [-0.15, -0.1) is 5.10 Å². The Morgan fingerprint density at radius 2 is 1.52 bits per heavy atom. The van der Waals surface area contributed by atoms with Gasteiger partial charge in [0.15, 0.2) is 5.82 Å². The normalized spacial score (nSPS) is 19.3. The molecular weight excluding hydrogens is 312 g/mol. The third kappa shape index (κ3) is 3.67. The molecule has 3 heterocycles. The zero-order valence-electron chi connectivity index (χ0n) is 14.9. The van der Waals surface area contributed by atoms with Crippen LogP contribution in [0.5, 0.6) is 0 Å². The molecule has 2 aromatic rings. The number of aromatic nitrogens is 3. The maximum absolute atomic E-state index is 4.80. The summed E-state index contributed by atoms with van der Waals surface area (Å²) in [5.41, 5.74) is 1.29. The minimum absolute atomic E-state index is 0.767. The lowest BCUT2D eigenvalue weighted by molar-refractivity contribution is 0.436. The Bertz CT molecular complexity index is 675. The number of anilines is 3. The van der Waals surface area contributed by atoms with Gasteiger partial charge < -0.3 is 14.7 Å². The van der Waals surface area contributed by atoms with Crippen LogP contribution in [0.3, 0.4) is 0 Å². The van der Waals surface area contributed by atoms with Crippen molar-refractivity contribution in [1.82, 2.24) is 15.2 Å². The van der Waals surface area contributed by atoms with Gasteiger partial charge in [0, 0.05) is 45.0 Å². The number of para-hydroxylation sites is 1. The van der Waals surface area contributed by atoms with Crippen molar-refractivity contribution in [3.63, 3.8) is 0 Å². The second-order valence-electron chi connectivity index (χ2n) is 7.09. The summed E-state index contributed by atoms with van der Waals surface area (Å²) in [4.78, 5) is 11.8. The van der Waals surface area contributed by atoms with Crippen LogP contribution in [0.4, 0.5) is 17.5 Å². The quantitative estimate of drug-likeness (QED) is 0.857. The second kappa shape index (κ2) is 7.25. The number of piperidine rings is 1. The molecule has 132 valence electrons. The van der Waals surface area contributed by atoms with Crippen LogP contribution >= 0.6 is 0 Å². The molecule has 0 spiro atoms. The Morgan fingerprint density at radius 1 is 0.840 bits per heavy atom. The average Bonchev–Trinajstić information content (AvgIpc) is 2.69. The van der Waals surface area contributed by atoms with Gasteiger partial charge in [0.1, 0.15) is 0 Å². The lowest BCUT2D eigenvalue weighted by Crippen LogP contribution is -2.47. The molecule has 4 rings (SSSR count). The molecule has 2 fully saturated rings. The molecule has 0 aliphatic carbocycles. The molecule has 0 N–H and O–H groups in total. The molecule has 0 unspecified atom stereocenters. The monoisotopic (exact) mass is 338 g/mol. The summed E-state index contributed by atoms with van der Waals surface area (Å²) < 4.78 is 0. The summed E-state index contributed by atoms with van der Waals surface area (Å²) in [7, 11) is 0. The number of benzene rings is 1. The predicted octanol–water partition coefficient (Wildman–Crippen LogP) is 2.43. The summed E-state index contributed by atoms with van der Waals surface area (Å²) in [6, 6.07) is 10.6. The van der Waals surface area contributed by atoms with Gasteiger partial charge in [0.05, 0.1) is 6.20 Å². The van der Waals surface area contributed by atoms with Gasteiger partial charge in [0.2, 0.25) is 5.95 Å². The molecule has 6 heteroatoms. The highest BCUT2D eigenvalue weighted by atomic mass is 15.4. The van der Waals surface area contributed by atoms with E-state index in [4.69, 9.17) is 4.98 Å². The first-order valence-corrected chi connectivity index (χ1v) is 9.29. The van der Waals surface area contributed by atoms with Gasteiger partial charge in [-0.05, 0) is 30.9 Å². The fraction of sp³-hybridized carbons (Fsp3) is 0.526. The summed E-state index contributed by atoms with van der Waals surface area (Å²) in [5, 5.41) is 8.51. The van der Waals surface area contributed by atoms with Crippen LogP contribution in [0.1, 0.15) is 19.8 Å². The molecule has 0 amide bonds. The van der Waals surface area contributed by atoms with E-state index in [2.05, 4.69) is 62.2 Å². The predicted molar refractivity (Wildman–Crippen MR) is 101 cm³/mol. The van der Waals surface area contributed by atoms with Crippen molar-refractivity contribution in [1.29, 1.82) is 0 Å². The van der Waals surface area contributed by atoms with E-state index in [1.54, 1.807) is 6.20 Å². The third-order valence-electron chi connectivity index (χ3n) is 5.33. The van der Waals surface area contributed by atoms with E-state index in [1.807, 2.05) is 0 Å². The van der Waals surface area contributed by atoms with E-state index >= 15 is 0 Å². The molecule has 1 aromatic carbocycles. The molecule has 6 nitrogen and oxygen atoms in total. The highest BCUT2D eigenvalue weighted by Crippen LogP contribution is 2.23. The summed E-state index contributed by atoms with van der Waals surface area (Å²) in [5.74, 6) is 2.56. The second-order valence-corrected chi connectivity index (χ2v) is 7.09. The van der Waals surface area contributed by atoms with Crippen LogP contribution in [-0.4, -0.2) is 54.4 Å². The van der Waals surface area contributed by atoms with Crippen molar-refractivity contribution in [3.05, 3.63) is 36.5 Å². The van der Waals surface area contributed by atoms with Crippen LogP contribution in [0.2, 0.25) is 0 Å². The van der Waals surface area contributed by atoms with Crippen molar-refractivity contribution in [2.24, 2.45) is 5.92 Å². The molecule has 1 aromatic heterocycles. The van der Waals surface area contributed by atoms with E-state index < -0.39 is 0 Å². The first-order chi connectivity index (χ1) is 12.3. The number of piperazine rings is 1. The largest absolute Gasteiger partial charge is 0.368 e. The molecule has 0 saturated carbocycles. The topological polar surface area (TPSA) is 48.4 Å². The zero-order valence-corrected chi connectivity index (χ0v) is 14.9. The Labute approximate surface area is 149 Å². The summed E-state index contributed by atoms with van der Waals surface area (Å²) in [6.07, 6.45) is 4.27. The van der Waals surface area contributed by atoms with Crippen LogP contribution in [0.25, 0.3) is 0 Å². The Morgan fingerprint density at radius 3 is 2.24 bits per heavy atom. The molecule has 2 saturated heterocycles. The lowest BCUT2D eigenvalue weighted by Gasteiger charge is -2.36. The SMILES string of the molecule is CC1CCN(c2cnnc(N3CCN(c4ccccc4)CC3)n2)CC1. The molecule has 25 heavy (non-hydrogen) atoms.